The Kier molecular flexibility index (Phi) is 64.3. The first-order valence-electron chi connectivity index (χ1n) is 33.9. The average Bonchev–Trinajstić information content (AvgIpc) is 3.46. The van der Waals surface area contributed by atoms with Gasteiger partial charge in [0.25, 0.3) is 0 Å². The van der Waals surface area contributed by atoms with Crippen molar-refractivity contribution < 1.29 is 28.6 Å². The molecule has 1 atom stereocenters. The predicted molar refractivity (Wildman–Crippen MR) is 348 cm³/mol. The maximum Gasteiger partial charge on any atom is 0.306 e. The number of rotatable bonds is 61. The quantitative estimate of drug-likeness (QED) is 0.0261. The molecule has 0 aromatic heterocycles. The topological polar surface area (TPSA) is 78.9 Å². The fourth-order valence-corrected chi connectivity index (χ4v) is 9.44. The van der Waals surface area contributed by atoms with E-state index >= 15 is 0 Å². The van der Waals surface area contributed by atoms with Crippen molar-refractivity contribution in [3.63, 3.8) is 0 Å². The van der Waals surface area contributed by atoms with Gasteiger partial charge in [-0.1, -0.05) is 310 Å². The molecule has 0 aliphatic rings. The van der Waals surface area contributed by atoms with Crippen LogP contribution in [-0.2, 0) is 28.6 Å². The lowest BCUT2D eigenvalue weighted by molar-refractivity contribution is -0.167. The summed E-state index contributed by atoms with van der Waals surface area (Å²) in [5, 5.41) is 0. The summed E-state index contributed by atoms with van der Waals surface area (Å²) >= 11 is 0. The Morgan fingerprint density at radius 2 is 0.500 bits per heavy atom. The highest BCUT2D eigenvalue weighted by Crippen LogP contribution is 2.17. The SMILES string of the molecule is CC/C=C\C/C=C\C/C=C\C/C=C\C/C=C\C/C=C\C/C=C\C/C=C\CCCCCCCCCCCCC(=O)OCC(COC(=O)CCCCCCC/C=C\CCCC)OC(=O)CCCCCCCCCCCCCCCCCC. The molecule has 0 bridgehead atoms. The van der Waals surface area contributed by atoms with Gasteiger partial charge in [-0.3, -0.25) is 14.4 Å². The molecule has 0 aliphatic carbocycles. The molecule has 0 N–H and O–H groups in total. The summed E-state index contributed by atoms with van der Waals surface area (Å²) in [5.74, 6) is -0.882. The average molecular weight is 1110 g/mol. The van der Waals surface area contributed by atoms with E-state index in [1.54, 1.807) is 0 Å². The minimum absolute atomic E-state index is 0.0797. The van der Waals surface area contributed by atoms with Crippen LogP contribution in [0.5, 0.6) is 0 Å². The molecule has 6 heteroatoms. The Morgan fingerprint density at radius 3 is 0.812 bits per heavy atom. The number of ether oxygens (including phenoxy) is 3. The van der Waals surface area contributed by atoms with Crippen LogP contribution in [0.4, 0.5) is 0 Å². The second kappa shape index (κ2) is 67.6. The van der Waals surface area contributed by atoms with Gasteiger partial charge in [0.05, 0.1) is 0 Å². The molecule has 458 valence electrons. The minimum atomic E-state index is -0.781. The van der Waals surface area contributed by atoms with E-state index in [1.165, 1.54) is 167 Å². The van der Waals surface area contributed by atoms with Crippen LogP contribution in [0.15, 0.2) is 109 Å². The van der Waals surface area contributed by atoms with Crippen molar-refractivity contribution in [1.29, 1.82) is 0 Å². The van der Waals surface area contributed by atoms with Gasteiger partial charge in [0.1, 0.15) is 13.2 Å². The molecule has 0 saturated heterocycles. The molecule has 0 fully saturated rings. The molecule has 6 nitrogen and oxygen atoms in total. The highest BCUT2D eigenvalue weighted by molar-refractivity contribution is 5.71. The van der Waals surface area contributed by atoms with Crippen molar-refractivity contribution in [1.82, 2.24) is 0 Å². The monoisotopic (exact) mass is 1110 g/mol. The van der Waals surface area contributed by atoms with Gasteiger partial charge in [0.2, 0.25) is 0 Å². The van der Waals surface area contributed by atoms with E-state index in [-0.39, 0.29) is 31.1 Å². The highest BCUT2D eigenvalue weighted by Gasteiger charge is 2.19. The molecule has 1 unspecified atom stereocenters. The van der Waals surface area contributed by atoms with Crippen LogP contribution < -0.4 is 0 Å². The van der Waals surface area contributed by atoms with E-state index in [1.807, 2.05) is 0 Å². The Balaban J connectivity index is 4.18. The Hall–Kier alpha value is -3.93. The Morgan fingerprint density at radius 1 is 0.263 bits per heavy atom. The van der Waals surface area contributed by atoms with Gasteiger partial charge in [-0.15, -0.1) is 0 Å². The second-order valence-electron chi connectivity index (χ2n) is 22.4. The van der Waals surface area contributed by atoms with E-state index in [4.69, 9.17) is 14.2 Å². The number of unbranched alkanes of at least 4 members (excludes halogenated alkanes) is 32. The first-order chi connectivity index (χ1) is 39.5. The van der Waals surface area contributed by atoms with Crippen LogP contribution in [0.3, 0.4) is 0 Å². The maximum atomic E-state index is 12.9. The van der Waals surface area contributed by atoms with Gasteiger partial charge in [-0.2, -0.15) is 0 Å². The van der Waals surface area contributed by atoms with Gasteiger partial charge in [0.15, 0.2) is 6.10 Å². The minimum Gasteiger partial charge on any atom is -0.462 e. The van der Waals surface area contributed by atoms with E-state index in [2.05, 4.69) is 130 Å². The van der Waals surface area contributed by atoms with Crippen molar-refractivity contribution in [2.75, 3.05) is 13.2 Å². The molecule has 0 aromatic carbocycles. The third-order valence-corrected chi connectivity index (χ3v) is 14.5. The van der Waals surface area contributed by atoms with E-state index in [9.17, 15) is 14.4 Å². The fraction of sp³-hybridized carbons (Fsp3) is 0.716. The molecule has 0 radical (unpaired) electrons. The highest BCUT2D eigenvalue weighted by atomic mass is 16.6. The largest absolute Gasteiger partial charge is 0.462 e. The molecule has 0 heterocycles. The van der Waals surface area contributed by atoms with Crippen LogP contribution >= 0.6 is 0 Å². The summed E-state index contributed by atoms with van der Waals surface area (Å²) < 4.78 is 16.9. The summed E-state index contributed by atoms with van der Waals surface area (Å²) in [6.45, 7) is 6.51. The fourth-order valence-electron chi connectivity index (χ4n) is 9.44. The summed E-state index contributed by atoms with van der Waals surface area (Å²) in [6.07, 6.45) is 92.5. The predicted octanol–water partition coefficient (Wildman–Crippen LogP) is 23.4. The van der Waals surface area contributed by atoms with Gasteiger partial charge >= 0.3 is 17.9 Å². The van der Waals surface area contributed by atoms with Crippen LogP contribution in [0, 0.1) is 0 Å². The third-order valence-electron chi connectivity index (χ3n) is 14.5. The molecule has 0 spiro atoms. The number of carbonyl (C=O) groups excluding carboxylic acids is 3. The smallest absolute Gasteiger partial charge is 0.306 e. The van der Waals surface area contributed by atoms with Crippen LogP contribution in [-0.4, -0.2) is 37.2 Å². The van der Waals surface area contributed by atoms with Crippen LogP contribution in [0.1, 0.15) is 323 Å². The van der Waals surface area contributed by atoms with Gasteiger partial charge in [-0.05, 0) is 103 Å². The summed E-state index contributed by atoms with van der Waals surface area (Å²) in [6, 6.07) is 0. The Bertz CT molecular complexity index is 1610. The standard InChI is InChI=1S/C74H126O6/c1-4-7-10-13-16-19-22-24-26-28-29-30-31-32-33-34-35-36-37-38-39-40-41-42-43-44-45-46-48-49-52-55-58-61-64-67-73(76)79-70-71(69-78-72(75)66-63-60-57-54-51-21-18-15-12-9-6-3)80-74(77)68-65-62-59-56-53-50-47-27-25-23-20-17-14-11-8-5-2/h7,10,15-16,18-19,24,26,29-30,32-33,35-36,38-39,41-42,71H,4-6,8-9,11-14,17,20-23,25,27-28,31,34,37,40,43-70H2,1-3H3/b10-7-,18-15-,19-16-,26-24-,30-29-,33-32-,36-35-,39-38-,42-41-. The van der Waals surface area contributed by atoms with E-state index in [0.29, 0.717) is 19.3 Å². The van der Waals surface area contributed by atoms with Crippen LogP contribution in [0.2, 0.25) is 0 Å². The van der Waals surface area contributed by atoms with E-state index in [0.717, 1.165) is 116 Å². The third kappa shape index (κ3) is 64.9. The lowest BCUT2D eigenvalue weighted by atomic mass is 10.0. The zero-order valence-corrected chi connectivity index (χ0v) is 52.6. The number of carbonyl (C=O) groups is 3. The lowest BCUT2D eigenvalue weighted by Crippen LogP contribution is -2.30. The molecule has 80 heavy (non-hydrogen) atoms. The summed E-state index contributed by atoms with van der Waals surface area (Å²) in [5.41, 5.74) is 0. The number of esters is 3. The van der Waals surface area contributed by atoms with Gasteiger partial charge in [-0.25, -0.2) is 0 Å². The normalized spacial score (nSPS) is 12.8. The zero-order valence-electron chi connectivity index (χ0n) is 52.6. The Labute approximate surface area is 495 Å². The molecular weight excluding hydrogens is 985 g/mol. The van der Waals surface area contributed by atoms with Crippen molar-refractivity contribution in [2.24, 2.45) is 0 Å². The van der Waals surface area contributed by atoms with Crippen molar-refractivity contribution in [3.05, 3.63) is 109 Å². The van der Waals surface area contributed by atoms with Gasteiger partial charge < -0.3 is 14.2 Å². The van der Waals surface area contributed by atoms with Crippen molar-refractivity contribution >= 4 is 17.9 Å². The molecule has 0 amide bonds. The number of hydrogen-bond acceptors (Lipinski definition) is 6. The molecule has 0 aliphatic heterocycles. The maximum absolute atomic E-state index is 12.9. The number of hydrogen-bond donors (Lipinski definition) is 0. The molecule has 0 saturated carbocycles. The van der Waals surface area contributed by atoms with Crippen molar-refractivity contribution in [3.8, 4) is 0 Å². The van der Waals surface area contributed by atoms with Gasteiger partial charge in [0, 0.05) is 19.3 Å². The first kappa shape index (κ1) is 76.1. The van der Waals surface area contributed by atoms with Crippen molar-refractivity contribution in [2.45, 2.75) is 329 Å². The second-order valence-corrected chi connectivity index (χ2v) is 22.4. The van der Waals surface area contributed by atoms with E-state index < -0.39 is 6.10 Å². The number of allylic oxidation sites excluding steroid dienone is 18. The molecule has 0 rings (SSSR count). The summed E-state index contributed by atoms with van der Waals surface area (Å²) in [4.78, 5) is 38.3. The lowest BCUT2D eigenvalue weighted by Gasteiger charge is -2.18. The first-order valence-corrected chi connectivity index (χ1v) is 33.9. The zero-order chi connectivity index (χ0) is 57.8. The molecular formula is C74H126O6. The van der Waals surface area contributed by atoms with Crippen LogP contribution in [0.25, 0.3) is 0 Å². The summed E-state index contributed by atoms with van der Waals surface area (Å²) in [7, 11) is 0. The molecule has 0 aromatic rings.